The van der Waals surface area contributed by atoms with Crippen LogP contribution in [-0.4, -0.2) is 11.6 Å². The lowest BCUT2D eigenvalue weighted by Gasteiger charge is -2.13. The average Bonchev–Trinajstić information content (AvgIpc) is 2.30. The average molecular weight is 233 g/mol. The lowest BCUT2D eigenvalue weighted by Crippen LogP contribution is -1.95. The number of nitrogens with two attached hydrogens (primary N) is 1. The van der Waals surface area contributed by atoms with Gasteiger partial charge in [-0.05, 0) is 35.4 Å². The summed E-state index contributed by atoms with van der Waals surface area (Å²) in [6.45, 7) is 0.602. The Balaban J connectivity index is 1.98. The smallest absolute Gasteiger partial charge is 0.148 e. The third kappa shape index (κ3) is 2.76. The normalized spacial score (nSPS) is 18.8. The van der Waals surface area contributed by atoms with Gasteiger partial charge in [0.25, 0.3) is 0 Å². The minimum absolute atomic E-state index is 0.0964. The molecule has 2 rings (SSSR count). The summed E-state index contributed by atoms with van der Waals surface area (Å²) < 4.78 is 5.77. The van der Waals surface area contributed by atoms with Crippen molar-refractivity contribution < 1.29 is 4.74 Å². The van der Waals surface area contributed by atoms with Gasteiger partial charge in [-0.3, -0.25) is 0 Å². The summed E-state index contributed by atoms with van der Waals surface area (Å²) >= 11 is 0. The van der Waals surface area contributed by atoms with E-state index >= 15 is 0 Å². The molecule has 0 saturated heterocycles. The quantitative estimate of drug-likeness (QED) is 0.643. The monoisotopic (exact) mass is 233 g/mol. The Morgan fingerprint density at radius 3 is 2.62 bits per heavy atom. The van der Waals surface area contributed by atoms with Crippen molar-refractivity contribution in [3.05, 3.63) is 53.1 Å². The Morgan fingerprint density at radius 1 is 1.19 bits per heavy atom. The van der Waals surface area contributed by atoms with Crippen molar-refractivity contribution in [2.45, 2.75) is 6.61 Å². The highest BCUT2D eigenvalue weighted by molar-refractivity contribution is 8.17. The first-order chi connectivity index (χ1) is 7.75. The van der Waals surface area contributed by atoms with Gasteiger partial charge in [0, 0.05) is 5.69 Å². The van der Waals surface area contributed by atoms with E-state index in [1.165, 1.54) is 0 Å². The van der Waals surface area contributed by atoms with Gasteiger partial charge in [0.2, 0.25) is 0 Å². The van der Waals surface area contributed by atoms with Gasteiger partial charge in [-0.15, -0.1) is 10.5 Å². The maximum atomic E-state index is 5.77. The number of anilines is 1. The SMILES string of the molecule is CS1=CC=CC=C1OCc1ccc(N)cc1. The minimum atomic E-state index is 0.0964. The van der Waals surface area contributed by atoms with E-state index in [0.717, 1.165) is 16.3 Å². The number of hydrogen-bond acceptors (Lipinski definition) is 2. The molecule has 0 bridgehead atoms. The molecule has 3 heteroatoms. The predicted octanol–water partition coefficient (Wildman–Crippen LogP) is 2.90. The van der Waals surface area contributed by atoms with Crippen LogP contribution in [0, 0.1) is 0 Å². The molecule has 1 unspecified atom stereocenters. The highest BCUT2D eigenvalue weighted by atomic mass is 32.2. The minimum Gasteiger partial charge on any atom is -0.483 e. The number of benzene rings is 1. The first-order valence-electron chi connectivity index (χ1n) is 5.09. The highest BCUT2D eigenvalue weighted by Gasteiger charge is 2.02. The van der Waals surface area contributed by atoms with Crippen LogP contribution in [0.15, 0.2) is 47.6 Å². The summed E-state index contributed by atoms with van der Waals surface area (Å²) in [6, 6.07) is 7.77. The van der Waals surface area contributed by atoms with Crippen molar-refractivity contribution in [3.8, 4) is 0 Å². The summed E-state index contributed by atoms with van der Waals surface area (Å²) in [5.74, 6) is 0. The van der Waals surface area contributed by atoms with Gasteiger partial charge in [-0.25, -0.2) is 0 Å². The van der Waals surface area contributed by atoms with Crippen LogP contribution in [0.25, 0.3) is 0 Å². The van der Waals surface area contributed by atoms with Crippen LogP contribution in [0.5, 0.6) is 0 Å². The number of nitrogen functional groups attached to an aromatic ring is 1. The number of ether oxygens (including phenoxy) is 1. The lowest BCUT2D eigenvalue weighted by molar-refractivity contribution is 0.225. The number of rotatable bonds is 3. The summed E-state index contributed by atoms with van der Waals surface area (Å²) in [5, 5.41) is 3.19. The van der Waals surface area contributed by atoms with Crippen LogP contribution < -0.4 is 5.73 Å². The molecule has 84 valence electrons. The Hall–Kier alpha value is -1.48. The molecule has 0 spiro atoms. The first-order valence-corrected chi connectivity index (χ1v) is 6.79. The standard InChI is InChI=1S/C13H15NOS/c1-16-9-3-2-4-13(16)15-10-11-5-7-12(14)8-6-11/h2-9H,10,14H2,1H3. The molecule has 0 radical (unpaired) electrons. The van der Waals surface area contributed by atoms with Crippen LogP contribution in [0.3, 0.4) is 0 Å². The van der Waals surface area contributed by atoms with Gasteiger partial charge in [0.05, 0.1) is 0 Å². The van der Waals surface area contributed by atoms with Crippen LogP contribution in [0.1, 0.15) is 5.56 Å². The molecule has 0 fully saturated rings. The van der Waals surface area contributed by atoms with E-state index in [0.29, 0.717) is 6.61 Å². The molecule has 1 aliphatic heterocycles. The maximum Gasteiger partial charge on any atom is 0.148 e. The third-order valence-corrected chi connectivity index (χ3v) is 3.76. The molecule has 16 heavy (non-hydrogen) atoms. The van der Waals surface area contributed by atoms with Crippen molar-refractivity contribution in [3.63, 3.8) is 0 Å². The lowest BCUT2D eigenvalue weighted by atomic mass is 10.2. The van der Waals surface area contributed by atoms with Crippen molar-refractivity contribution in [1.29, 1.82) is 0 Å². The molecule has 0 aromatic heterocycles. The number of hydrogen-bond donors (Lipinski definition) is 1. The summed E-state index contributed by atoms with van der Waals surface area (Å²) in [6.07, 6.45) is 8.24. The molecule has 0 aliphatic carbocycles. The molecule has 0 amide bonds. The van der Waals surface area contributed by atoms with Gasteiger partial charge in [0.1, 0.15) is 11.7 Å². The van der Waals surface area contributed by atoms with Gasteiger partial charge >= 0.3 is 0 Å². The van der Waals surface area contributed by atoms with E-state index < -0.39 is 0 Å². The van der Waals surface area contributed by atoms with E-state index in [9.17, 15) is 0 Å². The fourth-order valence-corrected chi connectivity index (χ4v) is 2.38. The highest BCUT2D eigenvalue weighted by Crippen LogP contribution is 2.25. The second kappa shape index (κ2) is 5.03. The third-order valence-electron chi connectivity index (χ3n) is 2.30. The Kier molecular flexibility index (Phi) is 3.47. The molecule has 1 aromatic carbocycles. The first kappa shape index (κ1) is 11.0. The van der Waals surface area contributed by atoms with Crippen molar-refractivity contribution >= 4 is 21.5 Å². The Bertz CT molecular complexity index is 457. The molecule has 1 aliphatic rings. The van der Waals surface area contributed by atoms with Crippen LogP contribution in [0.2, 0.25) is 0 Å². The van der Waals surface area contributed by atoms with Gasteiger partial charge < -0.3 is 10.5 Å². The van der Waals surface area contributed by atoms with Crippen LogP contribution >= 0.6 is 10.5 Å². The summed E-state index contributed by atoms with van der Waals surface area (Å²) in [4.78, 5) is 0. The second-order valence-electron chi connectivity index (χ2n) is 3.59. The van der Waals surface area contributed by atoms with Crippen molar-refractivity contribution in [2.24, 2.45) is 0 Å². The van der Waals surface area contributed by atoms with E-state index in [-0.39, 0.29) is 10.5 Å². The zero-order valence-electron chi connectivity index (χ0n) is 9.22. The molecule has 2 N–H and O–H groups in total. The van der Waals surface area contributed by atoms with Crippen molar-refractivity contribution in [1.82, 2.24) is 0 Å². The molecule has 0 saturated carbocycles. The van der Waals surface area contributed by atoms with E-state index in [1.54, 1.807) is 0 Å². The molecule has 2 nitrogen and oxygen atoms in total. The predicted molar refractivity (Wildman–Crippen MR) is 72.4 cm³/mol. The fourth-order valence-electron chi connectivity index (χ4n) is 1.38. The van der Waals surface area contributed by atoms with Gasteiger partial charge in [0.15, 0.2) is 0 Å². The Morgan fingerprint density at radius 2 is 1.94 bits per heavy atom. The summed E-state index contributed by atoms with van der Waals surface area (Å²) in [7, 11) is 0.0964. The van der Waals surface area contributed by atoms with Gasteiger partial charge in [-0.1, -0.05) is 24.3 Å². The molecule has 1 heterocycles. The zero-order chi connectivity index (χ0) is 11.4. The van der Waals surface area contributed by atoms with Crippen molar-refractivity contribution in [2.75, 3.05) is 12.0 Å². The second-order valence-corrected chi connectivity index (χ2v) is 5.38. The molecule has 1 atom stereocenters. The van der Waals surface area contributed by atoms with E-state index in [4.69, 9.17) is 10.5 Å². The zero-order valence-corrected chi connectivity index (χ0v) is 10.0. The number of allylic oxidation sites excluding steroid dienone is 3. The molecular formula is C13H15NOS. The van der Waals surface area contributed by atoms with Gasteiger partial charge in [-0.2, -0.15) is 0 Å². The summed E-state index contributed by atoms with van der Waals surface area (Å²) in [5.41, 5.74) is 7.55. The van der Waals surface area contributed by atoms with E-state index in [1.807, 2.05) is 36.4 Å². The Labute approximate surface area is 98.3 Å². The molecular weight excluding hydrogens is 218 g/mol. The largest absolute Gasteiger partial charge is 0.483 e. The maximum absolute atomic E-state index is 5.77. The van der Waals surface area contributed by atoms with Crippen LogP contribution in [0.4, 0.5) is 5.69 Å². The molecule has 1 aromatic rings. The topological polar surface area (TPSA) is 35.2 Å². The van der Waals surface area contributed by atoms with Crippen LogP contribution in [-0.2, 0) is 11.3 Å². The van der Waals surface area contributed by atoms with E-state index in [2.05, 4.69) is 17.7 Å². The fraction of sp³-hybridized carbons (Fsp3) is 0.154.